The molecule has 0 heterocycles. The summed E-state index contributed by atoms with van der Waals surface area (Å²) in [6.45, 7) is 5.64. The van der Waals surface area contributed by atoms with Crippen molar-refractivity contribution in [1.82, 2.24) is 5.32 Å². The largest absolute Gasteiger partial charge is 0.480 e. The van der Waals surface area contributed by atoms with Crippen molar-refractivity contribution < 1.29 is 38.4 Å². The fourth-order valence-electron chi connectivity index (χ4n) is 2.94. The highest BCUT2D eigenvalue weighted by Gasteiger charge is 2.13. The molecule has 0 bridgehead atoms. The zero-order valence-electron chi connectivity index (χ0n) is 21.0. The van der Waals surface area contributed by atoms with Crippen LogP contribution in [0.1, 0.15) is 64.7 Å². The molecule has 0 radical (unpaired) electrons. The summed E-state index contributed by atoms with van der Waals surface area (Å²) in [6.07, 6.45) is 11.6. The van der Waals surface area contributed by atoms with Crippen molar-refractivity contribution in [3.63, 3.8) is 0 Å². The van der Waals surface area contributed by atoms with Crippen molar-refractivity contribution in [1.29, 1.82) is 0 Å². The third-order valence-electron chi connectivity index (χ3n) is 4.92. The van der Waals surface area contributed by atoms with Crippen LogP contribution in [0.5, 0.6) is 0 Å². The Morgan fingerprint density at radius 1 is 0.647 bits per heavy atom. The highest BCUT2D eigenvalue weighted by molar-refractivity contribution is 7.80. The molecule has 0 aromatic heterocycles. The van der Waals surface area contributed by atoms with Crippen molar-refractivity contribution in [3.8, 4) is 0 Å². The Hall–Kier alpha value is -0.910. The minimum Gasteiger partial charge on any atom is -0.480 e. The van der Waals surface area contributed by atoms with Gasteiger partial charge in [0.15, 0.2) is 0 Å². The van der Waals surface area contributed by atoms with E-state index >= 15 is 0 Å². The number of aliphatic carboxylic acids is 1. The maximum absolute atomic E-state index is 11.4. The van der Waals surface area contributed by atoms with Crippen molar-refractivity contribution >= 4 is 24.5 Å². The van der Waals surface area contributed by atoms with Crippen LogP contribution in [0, 0.1) is 0 Å². The summed E-state index contributed by atoms with van der Waals surface area (Å²) in [7, 11) is 0. The molecular weight excluding hydrogens is 462 g/mol. The molecule has 0 aliphatic heterocycles. The summed E-state index contributed by atoms with van der Waals surface area (Å²) in [5.74, 6) is -0.549. The number of unbranched alkanes of at least 4 members (excludes halogenated alkanes) is 8. The minimum absolute atomic E-state index is 0.198. The van der Waals surface area contributed by atoms with Gasteiger partial charge in [-0.25, -0.2) is 0 Å². The molecular formula is C24H47NO8S. The standard InChI is InChI=1S/C24H47NO8S/c1-22(24(27)28)25-23(26)21-33-19-18-32-17-16-31-15-14-30-13-12-29-11-9-7-5-3-2-4-6-8-10-20-34/h22,34H,2-21H2,1H3,(H,25,26)(H,27,28)/t22-/m0/s1. The second-order valence-corrected chi connectivity index (χ2v) is 8.48. The molecule has 0 fully saturated rings. The predicted molar refractivity (Wildman–Crippen MR) is 135 cm³/mol. The molecule has 0 saturated heterocycles. The van der Waals surface area contributed by atoms with E-state index in [-0.39, 0.29) is 13.2 Å². The molecule has 1 amide bonds. The summed E-state index contributed by atoms with van der Waals surface area (Å²) >= 11 is 4.23. The second-order valence-electron chi connectivity index (χ2n) is 8.04. The van der Waals surface area contributed by atoms with Crippen LogP contribution in [0.25, 0.3) is 0 Å². The van der Waals surface area contributed by atoms with Gasteiger partial charge < -0.3 is 34.1 Å². The van der Waals surface area contributed by atoms with Crippen molar-refractivity contribution in [2.24, 2.45) is 0 Å². The number of carboxylic acid groups (broad SMARTS) is 1. The third-order valence-corrected chi connectivity index (χ3v) is 5.23. The van der Waals surface area contributed by atoms with Crippen LogP contribution in [0.2, 0.25) is 0 Å². The molecule has 0 rings (SSSR count). The first kappa shape index (κ1) is 33.1. The molecule has 0 spiro atoms. The number of carbonyl (C=O) groups excluding carboxylic acids is 1. The van der Waals surface area contributed by atoms with Gasteiger partial charge in [-0.15, -0.1) is 0 Å². The number of carbonyl (C=O) groups is 2. The quantitative estimate of drug-likeness (QED) is 0.114. The van der Waals surface area contributed by atoms with Gasteiger partial charge in [-0.05, 0) is 25.5 Å². The number of hydrogen-bond donors (Lipinski definition) is 3. The van der Waals surface area contributed by atoms with Crippen LogP contribution in [-0.2, 0) is 33.3 Å². The molecule has 0 unspecified atom stereocenters. The van der Waals surface area contributed by atoms with Crippen LogP contribution in [-0.4, -0.2) is 94.8 Å². The summed E-state index contributed by atoms with van der Waals surface area (Å²) < 4.78 is 26.9. The predicted octanol–water partition coefficient (Wildman–Crippen LogP) is 3.10. The molecule has 0 aliphatic carbocycles. The van der Waals surface area contributed by atoms with Crippen molar-refractivity contribution in [3.05, 3.63) is 0 Å². The van der Waals surface area contributed by atoms with Crippen LogP contribution in [0.3, 0.4) is 0 Å². The number of thiol groups is 1. The van der Waals surface area contributed by atoms with E-state index in [1.54, 1.807) is 0 Å². The van der Waals surface area contributed by atoms with E-state index in [1.165, 1.54) is 58.3 Å². The monoisotopic (exact) mass is 509 g/mol. The molecule has 202 valence electrons. The molecule has 1 atom stereocenters. The lowest BCUT2D eigenvalue weighted by Gasteiger charge is -2.10. The Bertz CT molecular complexity index is 470. The average molecular weight is 510 g/mol. The van der Waals surface area contributed by atoms with Crippen molar-refractivity contribution in [2.45, 2.75) is 70.8 Å². The van der Waals surface area contributed by atoms with Crippen LogP contribution < -0.4 is 5.32 Å². The molecule has 0 aromatic rings. The highest BCUT2D eigenvalue weighted by Crippen LogP contribution is 2.10. The number of rotatable bonds is 27. The SMILES string of the molecule is C[C@H](NC(=O)COCCOCCOCCOCCOCCCCCCCCCCCS)C(=O)O. The first-order valence-electron chi connectivity index (χ1n) is 12.6. The Labute approximate surface area is 211 Å². The van der Waals surface area contributed by atoms with Gasteiger partial charge in [0.2, 0.25) is 5.91 Å². The van der Waals surface area contributed by atoms with Crippen LogP contribution >= 0.6 is 12.6 Å². The molecule has 0 aliphatic rings. The minimum atomic E-state index is -1.09. The third kappa shape index (κ3) is 25.7. The van der Waals surface area contributed by atoms with E-state index < -0.39 is 17.9 Å². The molecule has 9 nitrogen and oxygen atoms in total. The van der Waals surface area contributed by atoms with E-state index in [9.17, 15) is 9.59 Å². The molecule has 2 N–H and O–H groups in total. The van der Waals surface area contributed by atoms with Gasteiger partial charge >= 0.3 is 5.97 Å². The topological polar surface area (TPSA) is 113 Å². The van der Waals surface area contributed by atoms with Gasteiger partial charge in [-0.1, -0.05) is 44.9 Å². The Morgan fingerprint density at radius 2 is 1.03 bits per heavy atom. The van der Waals surface area contributed by atoms with Gasteiger partial charge in [-0.2, -0.15) is 12.6 Å². The van der Waals surface area contributed by atoms with E-state index in [0.29, 0.717) is 46.2 Å². The van der Waals surface area contributed by atoms with E-state index in [1.807, 2.05) is 0 Å². The number of carboxylic acids is 1. The van der Waals surface area contributed by atoms with Crippen molar-refractivity contribution in [2.75, 3.05) is 71.8 Å². The Morgan fingerprint density at radius 3 is 1.47 bits per heavy atom. The fourth-order valence-corrected chi connectivity index (χ4v) is 3.17. The van der Waals surface area contributed by atoms with Gasteiger partial charge in [0.1, 0.15) is 12.6 Å². The van der Waals surface area contributed by atoms with E-state index in [2.05, 4.69) is 17.9 Å². The van der Waals surface area contributed by atoms with Gasteiger partial charge in [0.25, 0.3) is 0 Å². The van der Waals surface area contributed by atoms with Crippen LogP contribution in [0.4, 0.5) is 0 Å². The Balaban J connectivity index is 3.13. The first-order valence-corrected chi connectivity index (χ1v) is 13.2. The summed E-state index contributed by atoms with van der Waals surface area (Å²) in [6, 6.07) is -0.936. The maximum atomic E-state index is 11.4. The number of nitrogens with one attached hydrogen (secondary N) is 1. The number of ether oxygens (including phenoxy) is 5. The normalized spacial score (nSPS) is 12.1. The lowest BCUT2D eigenvalue weighted by atomic mass is 10.1. The number of amides is 1. The molecule has 0 saturated carbocycles. The van der Waals surface area contributed by atoms with E-state index in [0.717, 1.165) is 18.8 Å². The molecule has 10 heteroatoms. The average Bonchev–Trinajstić information content (AvgIpc) is 2.81. The molecule has 0 aromatic carbocycles. The molecule has 34 heavy (non-hydrogen) atoms. The van der Waals surface area contributed by atoms with Gasteiger partial charge in [0.05, 0.1) is 52.9 Å². The smallest absolute Gasteiger partial charge is 0.325 e. The Kier molecular flexibility index (Phi) is 26.0. The highest BCUT2D eigenvalue weighted by atomic mass is 32.1. The van der Waals surface area contributed by atoms with Gasteiger partial charge in [-0.3, -0.25) is 9.59 Å². The maximum Gasteiger partial charge on any atom is 0.325 e. The van der Waals surface area contributed by atoms with Crippen LogP contribution in [0.15, 0.2) is 0 Å². The fraction of sp³-hybridized carbons (Fsp3) is 0.917. The lowest BCUT2D eigenvalue weighted by molar-refractivity contribution is -0.142. The number of hydrogen-bond acceptors (Lipinski definition) is 8. The van der Waals surface area contributed by atoms with Gasteiger partial charge in [0, 0.05) is 6.61 Å². The van der Waals surface area contributed by atoms with E-state index in [4.69, 9.17) is 28.8 Å². The second kappa shape index (κ2) is 26.7. The zero-order valence-corrected chi connectivity index (χ0v) is 21.9. The summed E-state index contributed by atoms with van der Waals surface area (Å²) in [5.41, 5.74) is 0. The lowest BCUT2D eigenvalue weighted by Crippen LogP contribution is -2.40. The summed E-state index contributed by atoms with van der Waals surface area (Å²) in [5, 5.41) is 11.0. The summed E-state index contributed by atoms with van der Waals surface area (Å²) in [4.78, 5) is 22.0. The first-order chi connectivity index (χ1) is 16.6. The zero-order chi connectivity index (χ0) is 25.1.